The Labute approximate surface area is 191 Å². The molecule has 0 atom stereocenters. The van der Waals surface area contributed by atoms with Gasteiger partial charge in [0.05, 0.1) is 11.8 Å². The van der Waals surface area contributed by atoms with Crippen LogP contribution in [0.15, 0.2) is 86.8 Å². The maximum absolute atomic E-state index is 12.2. The van der Waals surface area contributed by atoms with Crippen LogP contribution in [0, 0.1) is 0 Å². The Bertz CT molecular complexity index is 1290. The second kappa shape index (κ2) is 9.49. The lowest BCUT2D eigenvalue weighted by Gasteiger charge is -2.07. The van der Waals surface area contributed by atoms with Crippen molar-refractivity contribution < 1.29 is 23.8 Å². The van der Waals surface area contributed by atoms with Crippen LogP contribution in [0.3, 0.4) is 0 Å². The van der Waals surface area contributed by atoms with Crippen LogP contribution in [0.5, 0.6) is 5.75 Å². The van der Waals surface area contributed by atoms with Gasteiger partial charge >= 0.3 is 11.9 Å². The summed E-state index contributed by atoms with van der Waals surface area (Å²) in [6.45, 7) is 0.317. The number of furan rings is 1. The third-order valence-corrected chi connectivity index (χ3v) is 5.06. The Morgan fingerprint density at radius 1 is 1.03 bits per heavy atom. The van der Waals surface area contributed by atoms with Crippen molar-refractivity contribution in [2.45, 2.75) is 6.61 Å². The molecule has 4 aromatic rings. The molecule has 0 spiro atoms. The van der Waals surface area contributed by atoms with E-state index < -0.39 is 11.9 Å². The molecule has 1 amide bonds. The zero-order valence-electron chi connectivity index (χ0n) is 16.6. The van der Waals surface area contributed by atoms with Gasteiger partial charge in [0.25, 0.3) is 0 Å². The number of halogens is 1. The average molecular weight is 493 g/mol. The van der Waals surface area contributed by atoms with Crippen molar-refractivity contribution in [3.05, 3.63) is 99.7 Å². The number of ether oxygens (including phenoxy) is 1. The summed E-state index contributed by atoms with van der Waals surface area (Å²) in [4.78, 5) is 23.1. The molecule has 2 N–H and O–H groups in total. The minimum atomic E-state index is -0.961. The van der Waals surface area contributed by atoms with E-state index in [2.05, 4.69) is 26.5 Å². The van der Waals surface area contributed by atoms with Gasteiger partial charge < -0.3 is 14.3 Å². The summed E-state index contributed by atoms with van der Waals surface area (Å²) in [5, 5.41) is 13.7. The molecule has 160 valence electrons. The summed E-state index contributed by atoms with van der Waals surface area (Å²) in [5.74, 6) is -0.573. The Morgan fingerprint density at radius 2 is 1.78 bits per heavy atom. The SMILES string of the molecule is O=C(O)c1ccc(COc2ccc(/C=N/NC(=O)c3cc4cc(Br)ccc4o3)cc2)cc1. The number of fused-ring (bicyclic) bond motifs is 1. The second-order valence-electron chi connectivity index (χ2n) is 6.85. The van der Waals surface area contributed by atoms with Gasteiger partial charge in [0.1, 0.15) is 17.9 Å². The fourth-order valence-corrected chi connectivity index (χ4v) is 3.29. The van der Waals surface area contributed by atoms with Crippen molar-refractivity contribution in [1.82, 2.24) is 5.43 Å². The summed E-state index contributed by atoms with van der Waals surface area (Å²) in [7, 11) is 0. The third-order valence-electron chi connectivity index (χ3n) is 4.57. The molecule has 0 radical (unpaired) electrons. The number of carbonyl (C=O) groups is 2. The number of carboxylic acid groups (broad SMARTS) is 1. The van der Waals surface area contributed by atoms with E-state index in [9.17, 15) is 9.59 Å². The number of nitrogens with zero attached hydrogens (tertiary/aromatic N) is 1. The van der Waals surface area contributed by atoms with Gasteiger partial charge in [-0.15, -0.1) is 0 Å². The first-order chi connectivity index (χ1) is 15.5. The van der Waals surface area contributed by atoms with E-state index in [4.69, 9.17) is 14.3 Å². The van der Waals surface area contributed by atoms with Crippen LogP contribution in [-0.2, 0) is 6.61 Å². The molecule has 3 aromatic carbocycles. The van der Waals surface area contributed by atoms with E-state index in [1.54, 1.807) is 60.7 Å². The number of hydrogen-bond acceptors (Lipinski definition) is 5. The van der Waals surface area contributed by atoms with Crippen LogP contribution < -0.4 is 10.2 Å². The molecule has 0 saturated carbocycles. The fourth-order valence-electron chi connectivity index (χ4n) is 2.91. The summed E-state index contributed by atoms with van der Waals surface area (Å²) in [6.07, 6.45) is 1.52. The minimum absolute atomic E-state index is 0.176. The lowest BCUT2D eigenvalue weighted by molar-refractivity contribution is 0.0696. The highest BCUT2D eigenvalue weighted by Crippen LogP contribution is 2.23. The zero-order chi connectivity index (χ0) is 22.5. The fraction of sp³-hybridized carbons (Fsp3) is 0.0417. The number of benzene rings is 3. The first-order valence-electron chi connectivity index (χ1n) is 9.55. The van der Waals surface area contributed by atoms with Crippen molar-refractivity contribution >= 4 is 45.0 Å². The highest BCUT2D eigenvalue weighted by Gasteiger charge is 2.11. The molecular weight excluding hydrogens is 476 g/mol. The molecule has 0 fully saturated rings. The van der Waals surface area contributed by atoms with Crippen molar-refractivity contribution in [2.75, 3.05) is 0 Å². The number of rotatable bonds is 7. The average Bonchev–Trinajstić information content (AvgIpc) is 3.22. The van der Waals surface area contributed by atoms with Crippen LogP contribution in [0.25, 0.3) is 11.0 Å². The molecule has 7 nitrogen and oxygen atoms in total. The van der Waals surface area contributed by atoms with Gasteiger partial charge in [-0.05, 0) is 71.8 Å². The summed E-state index contributed by atoms with van der Waals surface area (Å²) in [6, 6.07) is 20.8. The van der Waals surface area contributed by atoms with E-state index >= 15 is 0 Å². The molecular formula is C24H17BrN2O5. The number of hydrazone groups is 1. The van der Waals surface area contributed by atoms with Gasteiger partial charge in [-0.2, -0.15) is 5.10 Å². The largest absolute Gasteiger partial charge is 0.489 e. The molecule has 0 bridgehead atoms. The predicted molar refractivity (Wildman–Crippen MR) is 123 cm³/mol. The maximum atomic E-state index is 12.2. The Balaban J connectivity index is 1.30. The highest BCUT2D eigenvalue weighted by molar-refractivity contribution is 9.10. The quantitative estimate of drug-likeness (QED) is 0.271. The molecule has 0 aliphatic heterocycles. The standard InChI is InChI=1S/C24H17BrN2O5/c25-19-7-10-21-18(11-19)12-22(32-21)23(28)27-26-13-15-3-8-20(9-4-15)31-14-16-1-5-17(6-2-16)24(29)30/h1-13H,14H2,(H,27,28)(H,29,30)/b26-13+. The number of nitrogens with one attached hydrogen (secondary N) is 1. The van der Waals surface area contributed by atoms with Crippen LogP contribution >= 0.6 is 15.9 Å². The Kier molecular flexibility index (Phi) is 6.32. The van der Waals surface area contributed by atoms with Gasteiger partial charge in [-0.25, -0.2) is 10.2 Å². The third kappa shape index (κ3) is 5.22. The first-order valence-corrected chi connectivity index (χ1v) is 10.3. The zero-order valence-corrected chi connectivity index (χ0v) is 18.2. The lowest BCUT2D eigenvalue weighted by Crippen LogP contribution is -2.16. The van der Waals surface area contributed by atoms with E-state index in [-0.39, 0.29) is 11.3 Å². The number of hydrogen-bond donors (Lipinski definition) is 2. The molecule has 1 aromatic heterocycles. The monoisotopic (exact) mass is 492 g/mol. The van der Waals surface area contributed by atoms with Crippen LogP contribution in [0.1, 0.15) is 32.0 Å². The summed E-state index contributed by atoms with van der Waals surface area (Å²) < 4.78 is 12.1. The molecule has 0 unspecified atom stereocenters. The van der Waals surface area contributed by atoms with E-state index in [0.717, 1.165) is 21.0 Å². The van der Waals surface area contributed by atoms with Crippen molar-refractivity contribution in [2.24, 2.45) is 5.10 Å². The van der Waals surface area contributed by atoms with Crippen LogP contribution in [-0.4, -0.2) is 23.2 Å². The van der Waals surface area contributed by atoms with E-state index in [1.165, 1.54) is 6.21 Å². The number of aromatic carboxylic acids is 1. The molecule has 0 aliphatic carbocycles. The molecule has 32 heavy (non-hydrogen) atoms. The molecule has 4 rings (SSSR count). The normalized spacial score (nSPS) is 11.0. The summed E-state index contributed by atoms with van der Waals surface area (Å²) >= 11 is 3.39. The van der Waals surface area contributed by atoms with Crippen molar-refractivity contribution in [3.8, 4) is 5.75 Å². The molecule has 0 aliphatic rings. The van der Waals surface area contributed by atoms with Gasteiger partial charge in [-0.3, -0.25) is 4.79 Å². The molecule has 8 heteroatoms. The number of carboxylic acids is 1. The summed E-state index contributed by atoms with van der Waals surface area (Å²) in [5.41, 5.74) is 4.94. The van der Waals surface area contributed by atoms with Crippen LogP contribution in [0.2, 0.25) is 0 Å². The smallest absolute Gasteiger partial charge is 0.335 e. The highest BCUT2D eigenvalue weighted by atomic mass is 79.9. The lowest BCUT2D eigenvalue weighted by atomic mass is 10.1. The van der Waals surface area contributed by atoms with Gasteiger partial charge in [0.15, 0.2) is 5.76 Å². The maximum Gasteiger partial charge on any atom is 0.335 e. The Hall–Kier alpha value is -3.91. The number of amides is 1. The molecule has 0 saturated heterocycles. The van der Waals surface area contributed by atoms with Gasteiger partial charge in [-0.1, -0.05) is 28.1 Å². The first kappa shape index (κ1) is 21.3. The number of carbonyl (C=O) groups excluding carboxylic acids is 1. The molecule has 1 heterocycles. The van der Waals surface area contributed by atoms with Crippen molar-refractivity contribution in [3.63, 3.8) is 0 Å². The predicted octanol–water partition coefficient (Wildman–Crippen LogP) is 5.24. The topological polar surface area (TPSA) is 101 Å². The van der Waals surface area contributed by atoms with Crippen molar-refractivity contribution in [1.29, 1.82) is 0 Å². The second-order valence-corrected chi connectivity index (χ2v) is 7.77. The van der Waals surface area contributed by atoms with Gasteiger partial charge in [0, 0.05) is 9.86 Å². The Morgan fingerprint density at radius 3 is 2.50 bits per heavy atom. The van der Waals surface area contributed by atoms with Crippen LogP contribution in [0.4, 0.5) is 0 Å². The minimum Gasteiger partial charge on any atom is -0.489 e. The van der Waals surface area contributed by atoms with E-state index in [0.29, 0.717) is 17.9 Å². The van der Waals surface area contributed by atoms with E-state index in [1.807, 2.05) is 12.1 Å². The van der Waals surface area contributed by atoms with Gasteiger partial charge in [0.2, 0.25) is 0 Å².